The molecule has 0 spiro atoms. The molecule has 2 N–H and O–H groups in total. The number of ether oxygens (including phenoxy) is 1. The number of carbonyl (C=O) groups is 1. The summed E-state index contributed by atoms with van der Waals surface area (Å²) in [6, 6.07) is 0.576. The van der Waals surface area contributed by atoms with Gasteiger partial charge in [0.2, 0.25) is 5.91 Å². The van der Waals surface area contributed by atoms with E-state index in [1.807, 2.05) is 20.8 Å². The fraction of sp³-hybridized carbons (Fsp3) is 0.923. The van der Waals surface area contributed by atoms with Crippen molar-refractivity contribution in [3.05, 3.63) is 0 Å². The van der Waals surface area contributed by atoms with Crippen molar-refractivity contribution in [2.75, 3.05) is 13.2 Å². The molecule has 0 bridgehead atoms. The van der Waals surface area contributed by atoms with E-state index in [-0.39, 0.29) is 17.4 Å². The summed E-state index contributed by atoms with van der Waals surface area (Å²) in [4.78, 5) is 11.5. The second-order valence-corrected chi connectivity index (χ2v) is 5.66. The number of rotatable bonds is 6. The predicted octanol–water partition coefficient (Wildman–Crippen LogP) is 1.30. The first kappa shape index (κ1) is 14.5. The van der Waals surface area contributed by atoms with Crippen molar-refractivity contribution in [2.45, 2.75) is 59.2 Å². The molecule has 4 heteroatoms. The van der Waals surface area contributed by atoms with Gasteiger partial charge in [-0.15, -0.1) is 0 Å². The SMILES string of the molecule is CCO[C@@H]1C[C@H](NCC(=O)NC(C)C)C1(C)C. The molecule has 0 aromatic carbocycles. The Bertz CT molecular complexity index is 264. The zero-order valence-corrected chi connectivity index (χ0v) is 11.7. The molecule has 0 saturated heterocycles. The van der Waals surface area contributed by atoms with Crippen molar-refractivity contribution in [3.63, 3.8) is 0 Å². The van der Waals surface area contributed by atoms with E-state index in [0.29, 0.717) is 18.7 Å². The molecule has 0 aromatic heterocycles. The third kappa shape index (κ3) is 3.68. The summed E-state index contributed by atoms with van der Waals surface area (Å²) in [6.07, 6.45) is 1.31. The Balaban J connectivity index is 2.28. The molecule has 17 heavy (non-hydrogen) atoms. The summed E-state index contributed by atoms with van der Waals surface area (Å²) in [5.41, 5.74) is 0.119. The summed E-state index contributed by atoms with van der Waals surface area (Å²) in [5, 5.41) is 6.19. The van der Waals surface area contributed by atoms with Crippen molar-refractivity contribution in [3.8, 4) is 0 Å². The zero-order valence-electron chi connectivity index (χ0n) is 11.7. The molecule has 0 aliphatic heterocycles. The van der Waals surface area contributed by atoms with Crippen molar-refractivity contribution >= 4 is 5.91 Å². The highest BCUT2D eigenvalue weighted by Crippen LogP contribution is 2.42. The lowest BCUT2D eigenvalue weighted by molar-refractivity contribution is -0.126. The monoisotopic (exact) mass is 242 g/mol. The molecule has 1 saturated carbocycles. The summed E-state index contributed by atoms with van der Waals surface area (Å²) >= 11 is 0. The van der Waals surface area contributed by atoms with Crippen LogP contribution in [0.2, 0.25) is 0 Å². The van der Waals surface area contributed by atoms with E-state index in [1.165, 1.54) is 0 Å². The van der Waals surface area contributed by atoms with Gasteiger partial charge in [-0.3, -0.25) is 4.79 Å². The summed E-state index contributed by atoms with van der Waals surface area (Å²) in [5.74, 6) is 0.0654. The zero-order chi connectivity index (χ0) is 13.1. The van der Waals surface area contributed by atoms with Crippen LogP contribution >= 0.6 is 0 Å². The molecule has 1 aliphatic carbocycles. The van der Waals surface area contributed by atoms with Gasteiger partial charge in [-0.05, 0) is 27.2 Å². The van der Waals surface area contributed by atoms with E-state index in [0.717, 1.165) is 13.0 Å². The first-order valence-electron chi connectivity index (χ1n) is 6.52. The van der Waals surface area contributed by atoms with Crippen molar-refractivity contribution in [2.24, 2.45) is 5.41 Å². The van der Waals surface area contributed by atoms with E-state index in [4.69, 9.17) is 4.74 Å². The van der Waals surface area contributed by atoms with Gasteiger partial charge in [0.25, 0.3) is 0 Å². The predicted molar refractivity (Wildman–Crippen MR) is 68.9 cm³/mol. The van der Waals surface area contributed by atoms with Crippen LogP contribution in [-0.4, -0.2) is 37.2 Å². The van der Waals surface area contributed by atoms with Gasteiger partial charge in [-0.1, -0.05) is 13.8 Å². The van der Waals surface area contributed by atoms with Crippen LogP contribution in [0.1, 0.15) is 41.0 Å². The number of hydrogen-bond acceptors (Lipinski definition) is 3. The van der Waals surface area contributed by atoms with Gasteiger partial charge < -0.3 is 15.4 Å². The Morgan fingerprint density at radius 3 is 2.59 bits per heavy atom. The lowest BCUT2D eigenvalue weighted by atomic mass is 9.64. The Hall–Kier alpha value is -0.610. The van der Waals surface area contributed by atoms with Gasteiger partial charge in [0.05, 0.1) is 12.6 Å². The largest absolute Gasteiger partial charge is 0.378 e. The number of nitrogens with one attached hydrogen (secondary N) is 2. The van der Waals surface area contributed by atoms with Crippen LogP contribution < -0.4 is 10.6 Å². The minimum absolute atomic E-state index is 0.0654. The Labute approximate surface area is 104 Å². The maximum atomic E-state index is 11.5. The average molecular weight is 242 g/mol. The Morgan fingerprint density at radius 1 is 1.47 bits per heavy atom. The first-order valence-corrected chi connectivity index (χ1v) is 6.52. The van der Waals surface area contributed by atoms with Crippen LogP contribution in [0.15, 0.2) is 0 Å². The molecule has 0 unspecified atom stereocenters. The highest BCUT2D eigenvalue weighted by molar-refractivity contribution is 5.78. The van der Waals surface area contributed by atoms with Crippen molar-refractivity contribution in [1.82, 2.24) is 10.6 Å². The van der Waals surface area contributed by atoms with E-state index < -0.39 is 0 Å². The normalized spacial score (nSPS) is 26.7. The van der Waals surface area contributed by atoms with Crippen LogP contribution in [0.3, 0.4) is 0 Å². The maximum Gasteiger partial charge on any atom is 0.234 e. The fourth-order valence-corrected chi connectivity index (χ4v) is 2.30. The maximum absolute atomic E-state index is 11.5. The lowest BCUT2D eigenvalue weighted by Gasteiger charge is -2.51. The van der Waals surface area contributed by atoms with Gasteiger partial charge in [0, 0.05) is 24.1 Å². The van der Waals surface area contributed by atoms with Crippen LogP contribution in [0.5, 0.6) is 0 Å². The van der Waals surface area contributed by atoms with Crippen LogP contribution in [-0.2, 0) is 9.53 Å². The van der Waals surface area contributed by atoms with Gasteiger partial charge in [-0.25, -0.2) is 0 Å². The van der Waals surface area contributed by atoms with E-state index in [1.54, 1.807) is 0 Å². The van der Waals surface area contributed by atoms with Gasteiger partial charge in [-0.2, -0.15) is 0 Å². The molecule has 0 radical (unpaired) electrons. The van der Waals surface area contributed by atoms with Crippen molar-refractivity contribution < 1.29 is 9.53 Å². The van der Waals surface area contributed by atoms with Gasteiger partial charge in [0.15, 0.2) is 0 Å². The Morgan fingerprint density at radius 2 is 2.12 bits per heavy atom. The molecular weight excluding hydrogens is 216 g/mol. The van der Waals surface area contributed by atoms with Crippen LogP contribution in [0, 0.1) is 5.41 Å². The second kappa shape index (κ2) is 5.83. The number of hydrogen-bond donors (Lipinski definition) is 2. The standard InChI is InChI=1S/C13H26N2O2/c1-6-17-11-7-10(13(11,4)5)14-8-12(16)15-9(2)3/h9-11,14H,6-8H2,1-5H3,(H,15,16)/t10-,11+/m0/s1. The average Bonchev–Trinajstić information content (AvgIpc) is 2.21. The summed E-state index contributed by atoms with van der Waals surface area (Å²) in [6.45, 7) is 11.5. The highest BCUT2D eigenvalue weighted by atomic mass is 16.5. The first-order chi connectivity index (χ1) is 7.87. The lowest BCUT2D eigenvalue weighted by Crippen LogP contribution is -2.62. The topological polar surface area (TPSA) is 50.4 Å². The minimum Gasteiger partial charge on any atom is -0.378 e. The molecule has 1 aliphatic rings. The van der Waals surface area contributed by atoms with E-state index >= 15 is 0 Å². The molecule has 1 amide bonds. The van der Waals surface area contributed by atoms with E-state index in [9.17, 15) is 4.79 Å². The number of amides is 1. The quantitative estimate of drug-likeness (QED) is 0.738. The third-order valence-corrected chi connectivity index (χ3v) is 3.50. The minimum atomic E-state index is 0.0654. The molecule has 1 rings (SSSR count). The van der Waals surface area contributed by atoms with E-state index in [2.05, 4.69) is 24.5 Å². The molecule has 2 atom stereocenters. The van der Waals surface area contributed by atoms with Crippen LogP contribution in [0.25, 0.3) is 0 Å². The molecule has 1 fully saturated rings. The molecule has 0 heterocycles. The number of carbonyl (C=O) groups excluding carboxylic acids is 1. The second-order valence-electron chi connectivity index (χ2n) is 5.66. The molecule has 0 aromatic rings. The highest BCUT2D eigenvalue weighted by Gasteiger charge is 2.48. The molecule has 4 nitrogen and oxygen atoms in total. The Kier molecular flexibility index (Phi) is 4.95. The van der Waals surface area contributed by atoms with Crippen molar-refractivity contribution in [1.29, 1.82) is 0 Å². The third-order valence-electron chi connectivity index (χ3n) is 3.50. The summed E-state index contributed by atoms with van der Waals surface area (Å²) in [7, 11) is 0. The van der Waals surface area contributed by atoms with Crippen LogP contribution in [0.4, 0.5) is 0 Å². The summed E-state index contributed by atoms with van der Waals surface area (Å²) < 4.78 is 5.65. The fourth-order valence-electron chi connectivity index (χ4n) is 2.30. The smallest absolute Gasteiger partial charge is 0.234 e. The molecular formula is C13H26N2O2. The van der Waals surface area contributed by atoms with Gasteiger partial charge in [0.1, 0.15) is 0 Å². The van der Waals surface area contributed by atoms with Gasteiger partial charge >= 0.3 is 0 Å². The molecule has 100 valence electrons.